The molecule has 4 rings (SSSR count). The van der Waals surface area contributed by atoms with Gasteiger partial charge in [0.05, 0.1) is 12.7 Å². The molecular weight excluding hydrogens is 396 g/mol. The molecule has 0 aliphatic carbocycles. The van der Waals surface area contributed by atoms with Crippen molar-refractivity contribution in [3.63, 3.8) is 0 Å². The summed E-state index contributed by atoms with van der Waals surface area (Å²) in [6.45, 7) is 3.40. The van der Waals surface area contributed by atoms with Gasteiger partial charge in [0.15, 0.2) is 5.65 Å². The zero-order chi connectivity index (χ0) is 17.9. The predicted molar refractivity (Wildman–Crippen MR) is 105 cm³/mol. The first-order valence-corrected chi connectivity index (χ1v) is 9.63. The molecule has 3 N–H and O–H groups in total. The minimum absolute atomic E-state index is 0.182. The molecule has 0 amide bonds. The molecule has 0 spiro atoms. The van der Waals surface area contributed by atoms with E-state index in [0.717, 1.165) is 29.7 Å². The van der Waals surface area contributed by atoms with Crippen LogP contribution in [0.15, 0.2) is 39.7 Å². The first-order valence-electron chi connectivity index (χ1n) is 8.84. The minimum atomic E-state index is -0.182. The molecule has 1 aromatic carbocycles. The smallest absolute Gasteiger partial charge is 0.328 e. The Morgan fingerprint density at radius 2 is 2.23 bits per heavy atom. The number of hydrogen-bond acceptors (Lipinski definition) is 5. The molecule has 8 heteroatoms. The third-order valence-electron chi connectivity index (χ3n) is 4.75. The molecule has 0 radical (unpaired) electrons. The second kappa shape index (κ2) is 7.59. The number of rotatable bonds is 5. The summed E-state index contributed by atoms with van der Waals surface area (Å²) in [7, 11) is 0. The first-order chi connectivity index (χ1) is 12.7. The second-order valence-corrected chi connectivity index (χ2v) is 7.49. The number of nitrogens with one attached hydrogen (secondary N) is 3. The molecule has 26 heavy (non-hydrogen) atoms. The summed E-state index contributed by atoms with van der Waals surface area (Å²) in [6.07, 6.45) is 4.08. The van der Waals surface area contributed by atoms with Gasteiger partial charge < -0.3 is 15.6 Å². The lowest BCUT2D eigenvalue weighted by atomic mass is 10.00. The molecule has 0 unspecified atom stereocenters. The van der Waals surface area contributed by atoms with Gasteiger partial charge >= 0.3 is 5.69 Å². The van der Waals surface area contributed by atoms with Gasteiger partial charge in [-0.15, -0.1) is 0 Å². The van der Waals surface area contributed by atoms with Crippen molar-refractivity contribution >= 4 is 33.0 Å². The molecule has 0 saturated carbocycles. The summed E-state index contributed by atoms with van der Waals surface area (Å²) in [5.41, 5.74) is 2.10. The van der Waals surface area contributed by atoms with Gasteiger partial charge in [0.25, 0.3) is 0 Å². The molecule has 1 aliphatic heterocycles. The van der Waals surface area contributed by atoms with Gasteiger partial charge in [-0.2, -0.15) is 4.98 Å². The number of hydrogen-bond donors (Lipinski definition) is 3. The lowest BCUT2D eigenvalue weighted by molar-refractivity contribution is 0.392. The van der Waals surface area contributed by atoms with Gasteiger partial charge in [-0.3, -0.25) is 4.57 Å². The van der Waals surface area contributed by atoms with E-state index in [-0.39, 0.29) is 5.69 Å². The van der Waals surface area contributed by atoms with E-state index in [9.17, 15) is 4.79 Å². The van der Waals surface area contributed by atoms with E-state index in [1.165, 1.54) is 12.8 Å². The molecule has 1 fully saturated rings. The van der Waals surface area contributed by atoms with Crippen molar-refractivity contribution in [3.8, 4) is 0 Å². The lowest BCUT2D eigenvalue weighted by Crippen LogP contribution is -2.33. The number of fused-ring (bicyclic) bond motifs is 1. The van der Waals surface area contributed by atoms with Crippen molar-refractivity contribution in [3.05, 3.63) is 51.0 Å². The number of nitrogens with zero attached hydrogens (tertiary/aromatic N) is 3. The highest BCUT2D eigenvalue weighted by Crippen LogP contribution is 2.18. The highest BCUT2D eigenvalue weighted by atomic mass is 79.9. The quantitative estimate of drug-likeness (QED) is 0.593. The van der Waals surface area contributed by atoms with Gasteiger partial charge in [0.1, 0.15) is 5.52 Å². The minimum Gasteiger partial charge on any atom is -0.354 e. The zero-order valence-electron chi connectivity index (χ0n) is 14.3. The largest absolute Gasteiger partial charge is 0.354 e. The summed E-state index contributed by atoms with van der Waals surface area (Å²) < 4.78 is 2.61. The summed E-state index contributed by atoms with van der Waals surface area (Å²) in [5.74, 6) is 1.14. The molecule has 1 aliphatic rings. The van der Waals surface area contributed by atoms with Crippen LogP contribution in [0.3, 0.4) is 0 Å². The Morgan fingerprint density at radius 1 is 1.35 bits per heavy atom. The van der Waals surface area contributed by atoms with Crippen molar-refractivity contribution in [1.29, 1.82) is 0 Å². The van der Waals surface area contributed by atoms with E-state index in [1.807, 2.05) is 24.3 Å². The average molecular weight is 417 g/mol. The molecule has 2 aromatic heterocycles. The van der Waals surface area contributed by atoms with Gasteiger partial charge in [-0.1, -0.05) is 34.1 Å². The van der Waals surface area contributed by atoms with E-state index < -0.39 is 0 Å². The number of H-pyrrole nitrogens is 1. The van der Waals surface area contributed by atoms with Crippen molar-refractivity contribution < 1.29 is 0 Å². The van der Waals surface area contributed by atoms with Crippen molar-refractivity contribution in [2.75, 3.05) is 25.0 Å². The molecule has 0 bridgehead atoms. The van der Waals surface area contributed by atoms with Crippen LogP contribution in [0, 0.1) is 5.92 Å². The number of anilines is 1. The zero-order valence-corrected chi connectivity index (χ0v) is 15.9. The van der Waals surface area contributed by atoms with Gasteiger partial charge in [-0.05, 0) is 43.5 Å². The maximum absolute atomic E-state index is 12.4. The first kappa shape index (κ1) is 17.2. The van der Waals surface area contributed by atoms with Crippen LogP contribution in [-0.2, 0) is 6.54 Å². The Balaban J connectivity index is 1.58. The van der Waals surface area contributed by atoms with Crippen LogP contribution in [0.1, 0.15) is 18.4 Å². The van der Waals surface area contributed by atoms with Crippen LogP contribution in [0.4, 0.5) is 5.95 Å². The molecule has 136 valence electrons. The van der Waals surface area contributed by atoms with Crippen LogP contribution in [0.5, 0.6) is 0 Å². The predicted octanol–water partition coefficient (Wildman–Crippen LogP) is 2.34. The summed E-state index contributed by atoms with van der Waals surface area (Å²) >= 11 is 3.54. The standard InChI is InChI=1S/C18H21BrN6O/c19-14-6-2-1-5-13(14)11-25-16-15(23-18(25)26)10-22-17(24-16)21-9-12-4-3-7-20-8-12/h1-2,5-6,10,12,20H,3-4,7-9,11H2,(H,23,26)(H,21,22,24)/t12-/m0/s1. The summed E-state index contributed by atoms with van der Waals surface area (Å²) in [6, 6.07) is 7.87. The highest BCUT2D eigenvalue weighted by molar-refractivity contribution is 9.10. The molecule has 1 atom stereocenters. The Morgan fingerprint density at radius 3 is 3.04 bits per heavy atom. The number of aromatic amines is 1. The van der Waals surface area contributed by atoms with Crippen LogP contribution in [-0.4, -0.2) is 39.2 Å². The molecule has 3 aromatic rings. The third-order valence-corrected chi connectivity index (χ3v) is 5.52. The Labute approximate surface area is 159 Å². The SMILES string of the molecule is O=c1[nH]c2cnc(NC[C@H]3CCCNC3)nc2n1Cc1ccccc1Br. The molecular formula is C18H21BrN6O. The topological polar surface area (TPSA) is 87.6 Å². The van der Waals surface area contributed by atoms with E-state index in [1.54, 1.807) is 10.8 Å². The maximum Gasteiger partial charge on any atom is 0.328 e. The van der Waals surface area contributed by atoms with Gasteiger partial charge in [0, 0.05) is 11.0 Å². The fourth-order valence-electron chi connectivity index (χ4n) is 3.31. The van der Waals surface area contributed by atoms with Gasteiger partial charge in [-0.25, -0.2) is 9.78 Å². The van der Waals surface area contributed by atoms with E-state index in [4.69, 9.17) is 0 Å². The molecule has 3 heterocycles. The summed E-state index contributed by atoms with van der Waals surface area (Å²) in [5, 5.41) is 6.73. The second-order valence-electron chi connectivity index (χ2n) is 6.63. The van der Waals surface area contributed by atoms with E-state index >= 15 is 0 Å². The van der Waals surface area contributed by atoms with Crippen LogP contribution >= 0.6 is 15.9 Å². The Hall–Kier alpha value is -2.19. The van der Waals surface area contributed by atoms with Crippen LogP contribution < -0.4 is 16.3 Å². The third kappa shape index (κ3) is 3.66. The average Bonchev–Trinajstić information content (AvgIpc) is 2.97. The maximum atomic E-state index is 12.4. The number of imidazole rings is 1. The lowest BCUT2D eigenvalue weighted by Gasteiger charge is -2.22. The number of halogens is 1. The number of piperidine rings is 1. The van der Waals surface area contributed by atoms with Crippen molar-refractivity contribution in [2.45, 2.75) is 19.4 Å². The fourth-order valence-corrected chi connectivity index (χ4v) is 3.72. The fraction of sp³-hybridized carbons (Fsp3) is 0.389. The van der Waals surface area contributed by atoms with Gasteiger partial charge in [0.2, 0.25) is 5.95 Å². The Kier molecular flexibility index (Phi) is 5.03. The summed E-state index contributed by atoms with van der Waals surface area (Å²) in [4.78, 5) is 24.1. The Bertz CT molecular complexity index is 960. The van der Waals surface area contributed by atoms with E-state index in [0.29, 0.717) is 29.6 Å². The monoisotopic (exact) mass is 416 g/mol. The normalized spacial score (nSPS) is 17.5. The van der Waals surface area contributed by atoms with Crippen LogP contribution in [0.2, 0.25) is 0 Å². The molecule has 7 nitrogen and oxygen atoms in total. The van der Waals surface area contributed by atoms with E-state index in [2.05, 4.69) is 41.5 Å². The van der Waals surface area contributed by atoms with Crippen molar-refractivity contribution in [2.24, 2.45) is 5.92 Å². The van der Waals surface area contributed by atoms with Crippen LogP contribution in [0.25, 0.3) is 11.2 Å². The van der Waals surface area contributed by atoms with Crippen molar-refractivity contribution in [1.82, 2.24) is 24.8 Å². The number of aromatic nitrogens is 4. The molecule has 1 saturated heterocycles. The number of benzene rings is 1. The highest BCUT2D eigenvalue weighted by Gasteiger charge is 2.15.